The van der Waals surface area contributed by atoms with Gasteiger partial charge in [0.15, 0.2) is 0 Å². The van der Waals surface area contributed by atoms with Crippen molar-refractivity contribution in [3.05, 3.63) is 46.7 Å². The van der Waals surface area contributed by atoms with Crippen LogP contribution in [-0.4, -0.2) is 23.9 Å². The number of likely N-dealkylation sites (N-methyl/N-ethyl adjacent to an activating group) is 1. The second-order valence-corrected chi connectivity index (χ2v) is 4.03. The van der Waals surface area contributed by atoms with Crippen LogP contribution in [0.15, 0.2) is 35.3 Å². The summed E-state index contributed by atoms with van der Waals surface area (Å²) in [4.78, 5) is 13.6. The number of halogens is 2. The molecule has 0 N–H and O–H groups in total. The number of hydrogen-bond acceptors (Lipinski definition) is 1. The van der Waals surface area contributed by atoms with Crippen molar-refractivity contribution in [2.45, 2.75) is 6.92 Å². The second kappa shape index (κ2) is 5.80. The molecule has 0 bridgehead atoms. The highest BCUT2D eigenvalue weighted by molar-refractivity contribution is 9.10. The fraction of sp³-hybridized carbons (Fsp3) is 0.250. The molecule has 0 saturated carbocycles. The quantitative estimate of drug-likeness (QED) is 0.778. The molecule has 0 aromatic heterocycles. The predicted molar refractivity (Wildman–Crippen MR) is 65.9 cm³/mol. The molecule has 1 aromatic carbocycles. The van der Waals surface area contributed by atoms with Crippen molar-refractivity contribution < 1.29 is 9.18 Å². The van der Waals surface area contributed by atoms with Crippen molar-refractivity contribution in [3.63, 3.8) is 0 Å². The van der Waals surface area contributed by atoms with Crippen molar-refractivity contribution in [1.82, 2.24) is 4.90 Å². The van der Waals surface area contributed by atoms with E-state index in [4.69, 9.17) is 0 Å². The third-order valence-corrected chi connectivity index (χ3v) is 3.01. The standard InChI is InChI=1S/C12H13BrFNO/c1-3-8-15(4-2)12(16)9-6-5-7-10(14)11(9)13/h3,5-7H,1,4,8H2,2H3. The second-order valence-electron chi connectivity index (χ2n) is 3.23. The third-order valence-electron chi connectivity index (χ3n) is 2.20. The fourth-order valence-electron chi connectivity index (χ4n) is 1.35. The zero-order chi connectivity index (χ0) is 12.1. The van der Waals surface area contributed by atoms with Gasteiger partial charge in [-0.25, -0.2) is 4.39 Å². The minimum absolute atomic E-state index is 0.200. The molecule has 86 valence electrons. The molecule has 0 spiro atoms. The average molecular weight is 286 g/mol. The Labute approximate surface area is 103 Å². The molecule has 0 saturated heterocycles. The molecule has 0 aliphatic carbocycles. The Morgan fingerprint density at radius 2 is 2.31 bits per heavy atom. The monoisotopic (exact) mass is 285 g/mol. The zero-order valence-corrected chi connectivity index (χ0v) is 10.6. The third kappa shape index (κ3) is 2.70. The van der Waals surface area contributed by atoms with Crippen LogP contribution in [0.5, 0.6) is 0 Å². The van der Waals surface area contributed by atoms with Crippen molar-refractivity contribution in [2.75, 3.05) is 13.1 Å². The van der Waals surface area contributed by atoms with E-state index in [1.807, 2.05) is 6.92 Å². The van der Waals surface area contributed by atoms with Crippen molar-refractivity contribution in [1.29, 1.82) is 0 Å². The predicted octanol–water partition coefficient (Wildman–Crippen LogP) is 3.24. The van der Waals surface area contributed by atoms with Gasteiger partial charge >= 0.3 is 0 Å². The van der Waals surface area contributed by atoms with E-state index >= 15 is 0 Å². The van der Waals surface area contributed by atoms with Gasteiger partial charge in [0.05, 0.1) is 10.0 Å². The molecule has 2 nitrogen and oxygen atoms in total. The first-order valence-electron chi connectivity index (χ1n) is 4.96. The Morgan fingerprint density at radius 3 is 2.88 bits per heavy atom. The lowest BCUT2D eigenvalue weighted by Crippen LogP contribution is -2.31. The molecule has 1 rings (SSSR count). The summed E-state index contributed by atoms with van der Waals surface area (Å²) in [6.07, 6.45) is 1.65. The molecule has 1 amide bonds. The van der Waals surface area contributed by atoms with Gasteiger partial charge in [-0.15, -0.1) is 6.58 Å². The van der Waals surface area contributed by atoms with E-state index in [1.54, 1.807) is 17.0 Å². The van der Waals surface area contributed by atoms with E-state index in [1.165, 1.54) is 12.1 Å². The molecular formula is C12H13BrFNO. The number of amides is 1. The number of nitrogens with zero attached hydrogens (tertiary/aromatic N) is 1. The Kier molecular flexibility index (Phi) is 4.68. The summed E-state index contributed by atoms with van der Waals surface area (Å²) >= 11 is 3.08. The van der Waals surface area contributed by atoms with Crippen LogP contribution in [0, 0.1) is 5.82 Å². The van der Waals surface area contributed by atoms with E-state index < -0.39 is 5.82 Å². The summed E-state index contributed by atoms with van der Waals surface area (Å²) in [6, 6.07) is 4.43. The van der Waals surface area contributed by atoms with Gasteiger partial charge < -0.3 is 4.90 Å². The minimum Gasteiger partial charge on any atom is -0.335 e. The topological polar surface area (TPSA) is 20.3 Å². The van der Waals surface area contributed by atoms with Crippen molar-refractivity contribution in [2.24, 2.45) is 0 Å². The maximum atomic E-state index is 13.3. The molecule has 4 heteroatoms. The van der Waals surface area contributed by atoms with Crippen LogP contribution in [0.4, 0.5) is 4.39 Å². The summed E-state index contributed by atoms with van der Waals surface area (Å²) in [5.74, 6) is -0.630. The number of hydrogen-bond donors (Lipinski definition) is 0. The van der Waals surface area contributed by atoms with Gasteiger partial charge in [-0.2, -0.15) is 0 Å². The highest BCUT2D eigenvalue weighted by atomic mass is 79.9. The smallest absolute Gasteiger partial charge is 0.255 e. The normalized spacial score (nSPS) is 9.94. The lowest BCUT2D eigenvalue weighted by atomic mass is 10.2. The molecule has 1 aromatic rings. The Morgan fingerprint density at radius 1 is 1.62 bits per heavy atom. The molecule has 0 aliphatic heterocycles. The molecule has 16 heavy (non-hydrogen) atoms. The molecule has 0 aliphatic rings. The average Bonchev–Trinajstić information content (AvgIpc) is 2.29. The maximum absolute atomic E-state index is 13.3. The van der Waals surface area contributed by atoms with Crippen molar-refractivity contribution >= 4 is 21.8 Å². The first kappa shape index (κ1) is 12.9. The Hall–Kier alpha value is -1.16. The molecule has 0 radical (unpaired) electrons. The fourth-order valence-corrected chi connectivity index (χ4v) is 1.78. The van der Waals surface area contributed by atoms with Gasteiger partial charge in [0.25, 0.3) is 5.91 Å². The number of carbonyl (C=O) groups is 1. The minimum atomic E-state index is -0.430. The molecule has 0 heterocycles. The van der Waals surface area contributed by atoms with Crippen LogP contribution in [0.1, 0.15) is 17.3 Å². The summed E-state index contributed by atoms with van der Waals surface area (Å²) in [7, 11) is 0. The molecule has 0 unspecified atom stereocenters. The maximum Gasteiger partial charge on any atom is 0.255 e. The molecule has 0 fully saturated rings. The SMILES string of the molecule is C=CCN(CC)C(=O)c1cccc(F)c1Br. The highest BCUT2D eigenvalue weighted by Gasteiger charge is 2.17. The number of carbonyl (C=O) groups excluding carboxylic acids is 1. The van der Waals surface area contributed by atoms with Crippen LogP contribution in [-0.2, 0) is 0 Å². The Balaban J connectivity index is 3.03. The van der Waals surface area contributed by atoms with Crippen LogP contribution in [0.3, 0.4) is 0 Å². The zero-order valence-electron chi connectivity index (χ0n) is 9.04. The number of rotatable bonds is 4. The summed E-state index contributed by atoms with van der Waals surface area (Å²) in [6.45, 7) is 6.47. The van der Waals surface area contributed by atoms with Crippen molar-refractivity contribution in [3.8, 4) is 0 Å². The first-order chi connectivity index (χ1) is 7.61. The van der Waals surface area contributed by atoms with E-state index in [2.05, 4.69) is 22.5 Å². The summed E-state index contributed by atoms with van der Waals surface area (Å²) < 4.78 is 13.5. The molecular weight excluding hydrogens is 273 g/mol. The van der Waals surface area contributed by atoms with Gasteiger partial charge in [0, 0.05) is 13.1 Å². The first-order valence-corrected chi connectivity index (χ1v) is 5.75. The lowest BCUT2D eigenvalue weighted by Gasteiger charge is -2.19. The van der Waals surface area contributed by atoms with Crippen LogP contribution < -0.4 is 0 Å². The van der Waals surface area contributed by atoms with E-state index in [-0.39, 0.29) is 10.4 Å². The van der Waals surface area contributed by atoms with E-state index in [0.29, 0.717) is 18.7 Å². The van der Waals surface area contributed by atoms with Gasteiger partial charge in [-0.05, 0) is 35.0 Å². The van der Waals surface area contributed by atoms with E-state index in [9.17, 15) is 9.18 Å². The van der Waals surface area contributed by atoms with Crippen LogP contribution >= 0.6 is 15.9 Å². The van der Waals surface area contributed by atoms with E-state index in [0.717, 1.165) is 0 Å². The van der Waals surface area contributed by atoms with Gasteiger partial charge in [-0.3, -0.25) is 4.79 Å². The van der Waals surface area contributed by atoms with Crippen LogP contribution in [0.25, 0.3) is 0 Å². The van der Waals surface area contributed by atoms with Gasteiger partial charge in [-0.1, -0.05) is 12.1 Å². The summed E-state index contributed by atoms with van der Waals surface area (Å²) in [5.41, 5.74) is 0.337. The van der Waals surface area contributed by atoms with Gasteiger partial charge in [0.1, 0.15) is 5.82 Å². The Bertz CT molecular complexity index is 406. The van der Waals surface area contributed by atoms with Gasteiger partial charge in [0.2, 0.25) is 0 Å². The molecule has 0 atom stereocenters. The van der Waals surface area contributed by atoms with Crippen LogP contribution in [0.2, 0.25) is 0 Å². The number of benzene rings is 1. The largest absolute Gasteiger partial charge is 0.335 e. The highest BCUT2D eigenvalue weighted by Crippen LogP contribution is 2.21. The summed E-state index contributed by atoms with van der Waals surface area (Å²) in [5, 5.41) is 0. The lowest BCUT2D eigenvalue weighted by molar-refractivity contribution is 0.0780.